The number of carbonyl (C=O) groups excluding carboxylic acids is 1. The fourth-order valence-corrected chi connectivity index (χ4v) is 1.67. The molecule has 4 heteroatoms. The summed E-state index contributed by atoms with van der Waals surface area (Å²) < 4.78 is 5.45. The van der Waals surface area contributed by atoms with Crippen LogP contribution < -0.4 is 10.6 Å². The number of hydrogen-bond donors (Lipinski definition) is 2. The maximum absolute atomic E-state index is 11.6. The van der Waals surface area contributed by atoms with Crippen LogP contribution in [0.1, 0.15) is 61.3 Å². The Morgan fingerprint density at radius 1 is 1.16 bits per heavy atom. The fourth-order valence-electron chi connectivity index (χ4n) is 1.67. The Bertz CT molecular complexity index is 263. The second-order valence-electron chi connectivity index (χ2n) is 6.69. The van der Waals surface area contributed by atoms with E-state index in [9.17, 15) is 4.79 Å². The summed E-state index contributed by atoms with van der Waals surface area (Å²) in [6, 6.07) is 0.549. The van der Waals surface area contributed by atoms with Crippen LogP contribution in [-0.2, 0) is 4.74 Å². The molecule has 0 spiro atoms. The van der Waals surface area contributed by atoms with Gasteiger partial charge < -0.3 is 15.4 Å². The second kappa shape index (κ2) is 8.41. The maximum atomic E-state index is 11.6. The molecule has 19 heavy (non-hydrogen) atoms. The lowest BCUT2D eigenvalue weighted by molar-refractivity contribution is 0.0284. The Morgan fingerprint density at radius 2 is 1.74 bits per heavy atom. The first-order valence-corrected chi connectivity index (χ1v) is 7.35. The lowest BCUT2D eigenvalue weighted by Gasteiger charge is -2.27. The van der Waals surface area contributed by atoms with Crippen molar-refractivity contribution in [3.05, 3.63) is 0 Å². The molecule has 4 nitrogen and oxygen atoms in total. The zero-order valence-corrected chi connectivity index (χ0v) is 13.7. The van der Waals surface area contributed by atoms with Crippen LogP contribution in [0.3, 0.4) is 0 Å². The monoisotopic (exact) mass is 272 g/mol. The van der Waals surface area contributed by atoms with Crippen LogP contribution in [0.4, 0.5) is 4.79 Å². The molecule has 0 aromatic carbocycles. The summed E-state index contributed by atoms with van der Waals surface area (Å²) in [5.41, 5.74) is -0.424. The van der Waals surface area contributed by atoms with Gasteiger partial charge in [-0.2, -0.15) is 0 Å². The van der Waals surface area contributed by atoms with E-state index in [2.05, 4.69) is 31.4 Å². The number of alkyl carbamates (subject to hydrolysis) is 1. The fraction of sp³-hybridized carbons (Fsp3) is 0.933. The molecular weight excluding hydrogens is 240 g/mol. The summed E-state index contributed by atoms with van der Waals surface area (Å²) in [4.78, 5) is 11.6. The van der Waals surface area contributed by atoms with E-state index in [0.717, 1.165) is 19.4 Å². The minimum atomic E-state index is -0.424. The highest BCUT2D eigenvalue weighted by Crippen LogP contribution is 2.18. The quantitative estimate of drug-likeness (QED) is 0.712. The topological polar surface area (TPSA) is 50.4 Å². The molecule has 0 aliphatic carbocycles. The highest BCUT2D eigenvalue weighted by molar-refractivity contribution is 5.67. The van der Waals surface area contributed by atoms with Crippen molar-refractivity contribution in [1.29, 1.82) is 0 Å². The average molecular weight is 272 g/mol. The molecule has 114 valence electrons. The van der Waals surface area contributed by atoms with Crippen molar-refractivity contribution >= 4 is 6.09 Å². The van der Waals surface area contributed by atoms with Gasteiger partial charge in [-0.3, -0.25) is 0 Å². The molecule has 1 unspecified atom stereocenters. The summed E-state index contributed by atoms with van der Waals surface area (Å²) >= 11 is 0. The Morgan fingerprint density at radius 3 is 2.21 bits per heavy atom. The first-order valence-electron chi connectivity index (χ1n) is 7.35. The lowest BCUT2D eigenvalue weighted by Crippen LogP contribution is -2.39. The van der Waals surface area contributed by atoms with Gasteiger partial charge in [-0.05, 0) is 59.9 Å². The molecule has 0 aromatic heterocycles. The molecule has 0 radical (unpaired) electrons. The molecule has 0 bridgehead atoms. The summed E-state index contributed by atoms with van der Waals surface area (Å²) in [6.07, 6.45) is 1.52. The summed E-state index contributed by atoms with van der Waals surface area (Å²) in [7, 11) is 0. The zero-order valence-electron chi connectivity index (χ0n) is 13.7. The van der Waals surface area contributed by atoms with Gasteiger partial charge in [0.1, 0.15) is 5.60 Å². The van der Waals surface area contributed by atoms with Crippen molar-refractivity contribution in [2.75, 3.05) is 6.54 Å². The van der Waals surface area contributed by atoms with E-state index in [1.165, 1.54) is 0 Å². The van der Waals surface area contributed by atoms with E-state index in [4.69, 9.17) is 4.74 Å². The molecule has 0 aliphatic rings. The molecule has 0 heterocycles. The Balaban J connectivity index is 3.98. The Hall–Kier alpha value is -0.770. The number of rotatable bonds is 8. The highest BCUT2D eigenvalue weighted by atomic mass is 16.6. The average Bonchev–Trinajstić information content (AvgIpc) is 2.21. The van der Waals surface area contributed by atoms with Gasteiger partial charge in [0.15, 0.2) is 0 Å². The van der Waals surface area contributed by atoms with Gasteiger partial charge in [-0.15, -0.1) is 0 Å². The smallest absolute Gasteiger partial charge is 0.407 e. The number of ether oxygens (including phenoxy) is 1. The third-order valence-corrected chi connectivity index (χ3v) is 2.83. The normalized spacial score (nSPS) is 13.7. The van der Waals surface area contributed by atoms with Gasteiger partial charge in [-0.1, -0.05) is 13.8 Å². The van der Waals surface area contributed by atoms with Gasteiger partial charge in [0.2, 0.25) is 0 Å². The van der Waals surface area contributed by atoms with Gasteiger partial charge in [0, 0.05) is 12.1 Å². The van der Waals surface area contributed by atoms with E-state index < -0.39 is 5.60 Å². The van der Waals surface area contributed by atoms with Gasteiger partial charge in [0.05, 0.1) is 0 Å². The third-order valence-electron chi connectivity index (χ3n) is 2.83. The van der Waals surface area contributed by atoms with Gasteiger partial charge in [0.25, 0.3) is 0 Å². The molecule has 1 amide bonds. The summed E-state index contributed by atoms with van der Waals surface area (Å²) in [5.74, 6) is 0.656. The SMILES string of the molecule is CC(C)CNC(C)CCC(C)(C)OC(=O)NC(C)C. The van der Waals surface area contributed by atoms with Crippen LogP contribution >= 0.6 is 0 Å². The second-order valence-corrected chi connectivity index (χ2v) is 6.69. The Kier molecular flexibility index (Phi) is 8.07. The summed E-state index contributed by atoms with van der Waals surface area (Å²) in [6.45, 7) is 15.4. The molecule has 0 saturated carbocycles. The van der Waals surface area contributed by atoms with Gasteiger partial charge >= 0.3 is 6.09 Å². The third kappa shape index (κ3) is 10.8. The van der Waals surface area contributed by atoms with Crippen LogP contribution in [0.2, 0.25) is 0 Å². The van der Waals surface area contributed by atoms with Gasteiger partial charge in [-0.25, -0.2) is 4.79 Å². The largest absolute Gasteiger partial charge is 0.444 e. The van der Waals surface area contributed by atoms with Crippen LogP contribution in [0, 0.1) is 5.92 Å². The van der Waals surface area contributed by atoms with Crippen molar-refractivity contribution in [3.63, 3.8) is 0 Å². The van der Waals surface area contributed by atoms with E-state index in [0.29, 0.717) is 12.0 Å². The lowest BCUT2D eigenvalue weighted by atomic mass is 9.99. The highest BCUT2D eigenvalue weighted by Gasteiger charge is 2.23. The molecule has 2 N–H and O–H groups in total. The van der Waals surface area contributed by atoms with Crippen LogP contribution in [0.15, 0.2) is 0 Å². The number of carbonyl (C=O) groups is 1. The number of amides is 1. The minimum Gasteiger partial charge on any atom is -0.444 e. The van der Waals surface area contributed by atoms with Crippen LogP contribution in [0.5, 0.6) is 0 Å². The van der Waals surface area contributed by atoms with Crippen molar-refractivity contribution in [1.82, 2.24) is 10.6 Å². The number of hydrogen-bond acceptors (Lipinski definition) is 3. The molecule has 0 fully saturated rings. The van der Waals surface area contributed by atoms with Crippen molar-refractivity contribution < 1.29 is 9.53 Å². The number of nitrogens with one attached hydrogen (secondary N) is 2. The maximum Gasteiger partial charge on any atom is 0.407 e. The first kappa shape index (κ1) is 18.2. The molecule has 0 aliphatic heterocycles. The Labute approximate surface area is 118 Å². The minimum absolute atomic E-state index is 0.106. The van der Waals surface area contributed by atoms with Crippen molar-refractivity contribution in [2.24, 2.45) is 5.92 Å². The predicted molar refractivity (Wildman–Crippen MR) is 80.4 cm³/mol. The van der Waals surface area contributed by atoms with E-state index in [-0.39, 0.29) is 12.1 Å². The first-order chi connectivity index (χ1) is 8.62. The van der Waals surface area contributed by atoms with Crippen molar-refractivity contribution in [2.45, 2.75) is 79.0 Å². The molecule has 0 rings (SSSR count). The van der Waals surface area contributed by atoms with E-state index in [1.54, 1.807) is 0 Å². The van der Waals surface area contributed by atoms with Crippen molar-refractivity contribution in [3.8, 4) is 0 Å². The molecule has 1 atom stereocenters. The van der Waals surface area contributed by atoms with Crippen LogP contribution in [-0.4, -0.2) is 30.3 Å². The standard InChI is InChI=1S/C15H32N2O2/c1-11(2)10-16-13(5)8-9-15(6,7)19-14(18)17-12(3)4/h11-13,16H,8-10H2,1-7H3,(H,17,18). The van der Waals surface area contributed by atoms with E-state index >= 15 is 0 Å². The van der Waals surface area contributed by atoms with Crippen LogP contribution in [0.25, 0.3) is 0 Å². The predicted octanol–water partition coefficient (Wildman–Crippen LogP) is 3.31. The zero-order chi connectivity index (χ0) is 15.1. The molecule has 0 aromatic rings. The molecule has 0 saturated heterocycles. The van der Waals surface area contributed by atoms with E-state index in [1.807, 2.05) is 27.7 Å². The molecular formula is C15H32N2O2. The summed E-state index contributed by atoms with van der Waals surface area (Å²) in [5, 5.41) is 6.23.